The summed E-state index contributed by atoms with van der Waals surface area (Å²) < 4.78 is 4.99. The second-order valence-corrected chi connectivity index (χ2v) is 12.8. The molecule has 7 unspecified atom stereocenters. The van der Waals surface area contributed by atoms with Crippen LogP contribution in [-0.2, 0) is 9.53 Å². The lowest BCUT2D eigenvalue weighted by Gasteiger charge is -2.59. The molecule has 0 heterocycles. The van der Waals surface area contributed by atoms with E-state index in [0.717, 1.165) is 31.1 Å². The number of hydrogen-bond donors (Lipinski definition) is 1. The first-order chi connectivity index (χ1) is 18.0. The molecular formula is C35H62O3. The fraction of sp³-hybridized carbons (Fsp3) is 0.800. The van der Waals surface area contributed by atoms with E-state index in [1.165, 1.54) is 56.8 Å². The molecule has 0 aromatic heterocycles. The molecule has 4 aliphatic carbocycles. The predicted molar refractivity (Wildman–Crippen MR) is 164 cm³/mol. The van der Waals surface area contributed by atoms with E-state index < -0.39 is 0 Å². The zero-order valence-electron chi connectivity index (χ0n) is 26.7. The number of carbonyl (C=O) groups is 1. The normalized spacial score (nSPS) is 34.9. The Labute approximate surface area is 236 Å². The van der Waals surface area contributed by atoms with Crippen LogP contribution in [0.4, 0.5) is 0 Å². The van der Waals surface area contributed by atoms with Crippen molar-refractivity contribution >= 4 is 5.78 Å². The minimum atomic E-state index is -0.237. The van der Waals surface area contributed by atoms with Gasteiger partial charge in [0.05, 0.1) is 18.0 Å². The van der Waals surface area contributed by atoms with Gasteiger partial charge in [-0.15, -0.1) is 0 Å². The Morgan fingerprint density at radius 3 is 2.29 bits per heavy atom. The minimum Gasteiger partial charge on any atom is -0.496 e. The van der Waals surface area contributed by atoms with Gasteiger partial charge in [0, 0.05) is 11.3 Å². The molecule has 4 rings (SSSR count). The molecule has 0 aromatic rings. The highest BCUT2D eigenvalue weighted by molar-refractivity contribution is 6.01. The van der Waals surface area contributed by atoms with Crippen LogP contribution in [0.3, 0.4) is 0 Å². The van der Waals surface area contributed by atoms with E-state index in [0.29, 0.717) is 17.3 Å². The number of ketones is 1. The third-order valence-electron chi connectivity index (χ3n) is 9.53. The molecule has 3 nitrogen and oxygen atoms in total. The first kappa shape index (κ1) is 34.7. The van der Waals surface area contributed by atoms with Crippen molar-refractivity contribution in [3.05, 3.63) is 36.6 Å². The maximum atomic E-state index is 11.9. The second kappa shape index (κ2) is 15.4. The first-order valence-corrected chi connectivity index (χ1v) is 15.9. The summed E-state index contributed by atoms with van der Waals surface area (Å²) in [5, 5.41) is 11.4. The summed E-state index contributed by atoms with van der Waals surface area (Å²) in [4.78, 5) is 11.9. The molecule has 0 aliphatic heterocycles. The summed E-state index contributed by atoms with van der Waals surface area (Å²) in [6, 6.07) is 0. The van der Waals surface area contributed by atoms with Crippen LogP contribution in [0.2, 0.25) is 0 Å². The van der Waals surface area contributed by atoms with Gasteiger partial charge in [0.1, 0.15) is 0 Å². The number of aliphatic hydroxyl groups excluding tert-OH is 1. The molecule has 3 fully saturated rings. The van der Waals surface area contributed by atoms with Crippen molar-refractivity contribution < 1.29 is 14.6 Å². The number of ether oxygens (including phenoxy) is 1. The molecule has 0 amide bonds. The molecule has 38 heavy (non-hydrogen) atoms. The summed E-state index contributed by atoms with van der Waals surface area (Å²) in [5.74, 6) is 2.58. The largest absolute Gasteiger partial charge is 0.496 e. The summed E-state index contributed by atoms with van der Waals surface area (Å²) in [6.45, 7) is 24.4. The Bertz CT molecular complexity index is 787. The zero-order chi connectivity index (χ0) is 29.1. The molecule has 3 heteroatoms. The molecule has 3 saturated carbocycles. The van der Waals surface area contributed by atoms with Crippen LogP contribution in [0.1, 0.15) is 133 Å². The van der Waals surface area contributed by atoms with Crippen molar-refractivity contribution in [1.82, 2.24) is 0 Å². The van der Waals surface area contributed by atoms with Crippen molar-refractivity contribution in [2.45, 2.75) is 145 Å². The molecule has 4 aliphatic rings. The summed E-state index contributed by atoms with van der Waals surface area (Å²) >= 11 is 0. The van der Waals surface area contributed by atoms with E-state index in [9.17, 15) is 9.90 Å². The monoisotopic (exact) mass is 530 g/mol. The minimum absolute atomic E-state index is 0.0677. The Hall–Kier alpha value is -1.35. The molecule has 0 radical (unpaired) electrons. The summed E-state index contributed by atoms with van der Waals surface area (Å²) in [5.41, 5.74) is 1.41. The van der Waals surface area contributed by atoms with Crippen molar-refractivity contribution in [1.29, 1.82) is 0 Å². The van der Waals surface area contributed by atoms with Crippen molar-refractivity contribution in [3.8, 4) is 0 Å². The number of allylic oxidation sites excluding steroid dienone is 4. The van der Waals surface area contributed by atoms with Gasteiger partial charge in [-0.25, -0.2) is 0 Å². The van der Waals surface area contributed by atoms with Crippen molar-refractivity contribution in [3.63, 3.8) is 0 Å². The molecule has 1 N–H and O–H groups in total. The molecule has 220 valence electrons. The Balaban J connectivity index is 0.000000566. The molecule has 0 aromatic carbocycles. The van der Waals surface area contributed by atoms with Gasteiger partial charge in [-0.05, 0) is 94.6 Å². The lowest BCUT2D eigenvalue weighted by atomic mass is 9.46. The van der Waals surface area contributed by atoms with E-state index in [1.807, 2.05) is 54.5 Å². The number of aliphatic hydroxyl groups is 1. The third kappa shape index (κ3) is 8.09. The van der Waals surface area contributed by atoms with Gasteiger partial charge in [-0.1, -0.05) is 92.4 Å². The van der Waals surface area contributed by atoms with Gasteiger partial charge in [0.15, 0.2) is 5.78 Å². The average Bonchev–Trinajstić information content (AvgIpc) is 3.19. The van der Waals surface area contributed by atoms with Gasteiger partial charge >= 0.3 is 0 Å². The predicted octanol–water partition coefficient (Wildman–Crippen LogP) is 9.85. The number of hydrogen-bond acceptors (Lipinski definition) is 3. The van der Waals surface area contributed by atoms with Crippen molar-refractivity contribution in [2.24, 2.45) is 34.5 Å². The summed E-state index contributed by atoms with van der Waals surface area (Å²) in [6.07, 6.45) is 19.6. The lowest BCUT2D eigenvalue weighted by molar-refractivity contribution is -0.119. The number of rotatable bonds is 6. The Kier molecular flexibility index (Phi) is 14.1. The maximum absolute atomic E-state index is 11.9. The fourth-order valence-electron chi connectivity index (χ4n) is 7.97. The standard InChI is InChI=1S/C25H38O2.C6H12O.2C2H6/c1-4-5-6-7-8-17-10-12-21-20-11-9-18-15-19(26)13-14-24(18,2)23(20)22(27)16-25(17,21)3;1-5-7-6(2,3)4;2*1-2/h13-15,17,20-23,27H,4-12,16H2,1-3H3;5H,1H2,2-4H3;2*1-2H3. The van der Waals surface area contributed by atoms with Crippen LogP contribution < -0.4 is 0 Å². The first-order valence-electron chi connectivity index (χ1n) is 15.9. The highest BCUT2D eigenvalue weighted by Gasteiger charge is 2.61. The third-order valence-corrected chi connectivity index (χ3v) is 9.53. The van der Waals surface area contributed by atoms with E-state index in [4.69, 9.17) is 4.74 Å². The van der Waals surface area contributed by atoms with E-state index >= 15 is 0 Å². The fourth-order valence-corrected chi connectivity index (χ4v) is 7.97. The molecular weight excluding hydrogens is 468 g/mol. The van der Waals surface area contributed by atoms with Gasteiger partial charge in [-0.2, -0.15) is 0 Å². The molecule has 7 atom stereocenters. The quantitative estimate of drug-likeness (QED) is 0.274. The van der Waals surface area contributed by atoms with Gasteiger partial charge in [-0.3, -0.25) is 4.79 Å². The number of fused-ring (bicyclic) bond motifs is 5. The summed E-state index contributed by atoms with van der Waals surface area (Å²) in [7, 11) is 0. The SMILES string of the molecule is C=COC(C)(C)C.CC.CC.CCCCCCC1CCC2C3CCC4=CC(=O)C=CC4(C)C3C(O)CC12C. The highest BCUT2D eigenvalue weighted by atomic mass is 16.5. The lowest BCUT2D eigenvalue weighted by Crippen LogP contribution is -2.55. The van der Waals surface area contributed by atoms with E-state index in [1.54, 1.807) is 6.08 Å². The average molecular weight is 531 g/mol. The van der Waals surface area contributed by atoms with Crippen LogP contribution in [0.15, 0.2) is 36.6 Å². The van der Waals surface area contributed by atoms with Gasteiger partial charge in [0.2, 0.25) is 0 Å². The van der Waals surface area contributed by atoms with E-state index in [-0.39, 0.29) is 22.9 Å². The van der Waals surface area contributed by atoms with Crippen LogP contribution in [0.25, 0.3) is 0 Å². The molecule has 0 saturated heterocycles. The van der Waals surface area contributed by atoms with Gasteiger partial charge in [0.25, 0.3) is 0 Å². The van der Waals surface area contributed by atoms with Crippen molar-refractivity contribution in [2.75, 3.05) is 0 Å². The van der Waals surface area contributed by atoms with Crippen LogP contribution in [-0.4, -0.2) is 22.6 Å². The number of carbonyl (C=O) groups excluding carboxylic acids is 1. The highest BCUT2D eigenvalue weighted by Crippen LogP contribution is 2.66. The van der Waals surface area contributed by atoms with Crippen LogP contribution in [0, 0.1) is 34.5 Å². The smallest absolute Gasteiger partial charge is 0.178 e. The molecule has 0 spiro atoms. The number of unbranched alkanes of at least 4 members (excludes halogenated alkanes) is 3. The molecule has 0 bridgehead atoms. The Morgan fingerprint density at radius 1 is 1.08 bits per heavy atom. The van der Waals surface area contributed by atoms with Gasteiger partial charge < -0.3 is 9.84 Å². The topological polar surface area (TPSA) is 46.5 Å². The van der Waals surface area contributed by atoms with Crippen LogP contribution in [0.5, 0.6) is 0 Å². The maximum Gasteiger partial charge on any atom is 0.178 e. The second-order valence-electron chi connectivity index (χ2n) is 12.8. The Morgan fingerprint density at radius 2 is 1.74 bits per heavy atom. The van der Waals surface area contributed by atoms with E-state index in [2.05, 4.69) is 33.4 Å². The van der Waals surface area contributed by atoms with Crippen LogP contribution >= 0.6 is 0 Å². The zero-order valence-corrected chi connectivity index (χ0v) is 26.7.